The van der Waals surface area contributed by atoms with Crippen molar-refractivity contribution in [3.63, 3.8) is 0 Å². The van der Waals surface area contributed by atoms with Crippen LogP contribution in [0.25, 0.3) is 16.9 Å². The van der Waals surface area contributed by atoms with E-state index in [2.05, 4.69) is 28.4 Å². The highest BCUT2D eigenvalue weighted by Crippen LogP contribution is 2.27. The highest BCUT2D eigenvalue weighted by molar-refractivity contribution is 5.67. The van der Waals surface area contributed by atoms with E-state index in [1.165, 1.54) is 11.1 Å². The van der Waals surface area contributed by atoms with Gasteiger partial charge in [0.25, 0.3) is 0 Å². The molecule has 0 radical (unpaired) electrons. The van der Waals surface area contributed by atoms with Crippen LogP contribution in [-0.4, -0.2) is 16.5 Å². The van der Waals surface area contributed by atoms with Gasteiger partial charge in [-0.25, -0.2) is 4.98 Å². The Morgan fingerprint density at radius 1 is 1.17 bits per heavy atom. The van der Waals surface area contributed by atoms with Crippen molar-refractivity contribution in [1.82, 2.24) is 9.38 Å². The maximum absolute atomic E-state index is 5.24. The molecule has 0 aliphatic rings. The van der Waals surface area contributed by atoms with Crippen LogP contribution in [0.15, 0.2) is 48.8 Å². The van der Waals surface area contributed by atoms with E-state index in [1.807, 2.05) is 36.7 Å². The lowest BCUT2D eigenvalue weighted by atomic mass is 10.0. The molecule has 0 aliphatic carbocycles. The molecule has 2 aromatic heterocycles. The summed E-state index contributed by atoms with van der Waals surface area (Å²) >= 11 is 0. The van der Waals surface area contributed by atoms with E-state index < -0.39 is 0 Å². The topological polar surface area (TPSA) is 26.5 Å². The van der Waals surface area contributed by atoms with Crippen LogP contribution >= 0.6 is 0 Å². The molecule has 0 amide bonds. The summed E-state index contributed by atoms with van der Waals surface area (Å²) in [6.45, 7) is 2.09. The first kappa shape index (κ1) is 10.8. The van der Waals surface area contributed by atoms with Gasteiger partial charge in [0.1, 0.15) is 11.4 Å². The molecule has 1 aromatic carbocycles. The average molecular weight is 238 g/mol. The van der Waals surface area contributed by atoms with Gasteiger partial charge in [-0.1, -0.05) is 6.07 Å². The van der Waals surface area contributed by atoms with Crippen LogP contribution in [0.1, 0.15) is 5.56 Å². The average Bonchev–Trinajstić information content (AvgIpc) is 2.87. The summed E-state index contributed by atoms with van der Waals surface area (Å²) in [4.78, 5) is 4.31. The molecule has 0 aliphatic heterocycles. The van der Waals surface area contributed by atoms with Crippen LogP contribution in [0.2, 0.25) is 0 Å². The van der Waals surface area contributed by atoms with Gasteiger partial charge in [0.05, 0.1) is 12.8 Å². The lowest BCUT2D eigenvalue weighted by molar-refractivity contribution is 0.414. The summed E-state index contributed by atoms with van der Waals surface area (Å²) in [5, 5.41) is 0. The van der Waals surface area contributed by atoms with Crippen LogP contribution in [0.5, 0.6) is 5.75 Å². The van der Waals surface area contributed by atoms with E-state index in [4.69, 9.17) is 4.74 Å². The zero-order valence-corrected chi connectivity index (χ0v) is 10.4. The Morgan fingerprint density at radius 3 is 2.83 bits per heavy atom. The second kappa shape index (κ2) is 4.18. The molecule has 18 heavy (non-hydrogen) atoms. The van der Waals surface area contributed by atoms with Gasteiger partial charge in [-0.15, -0.1) is 0 Å². The smallest absolute Gasteiger partial charge is 0.137 e. The number of aromatic nitrogens is 2. The Kier molecular flexibility index (Phi) is 2.52. The first-order valence-corrected chi connectivity index (χ1v) is 5.86. The molecular weight excluding hydrogens is 224 g/mol. The van der Waals surface area contributed by atoms with Gasteiger partial charge in [-0.05, 0) is 42.8 Å². The third kappa shape index (κ3) is 1.64. The van der Waals surface area contributed by atoms with E-state index in [0.29, 0.717) is 0 Å². The summed E-state index contributed by atoms with van der Waals surface area (Å²) < 4.78 is 7.33. The number of fused-ring (bicyclic) bond motifs is 1. The third-order valence-corrected chi connectivity index (χ3v) is 3.14. The Hall–Kier alpha value is -2.29. The van der Waals surface area contributed by atoms with Crippen molar-refractivity contribution in [2.75, 3.05) is 7.11 Å². The summed E-state index contributed by atoms with van der Waals surface area (Å²) in [5.41, 5.74) is 4.49. The predicted octanol–water partition coefficient (Wildman–Crippen LogP) is 3.32. The number of hydrogen-bond donors (Lipinski definition) is 0. The highest BCUT2D eigenvalue weighted by atomic mass is 16.5. The number of rotatable bonds is 2. The summed E-state index contributed by atoms with van der Waals surface area (Å²) in [6.07, 6.45) is 3.80. The van der Waals surface area contributed by atoms with Gasteiger partial charge in [0.2, 0.25) is 0 Å². The Labute approximate surface area is 106 Å². The van der Waals surface area contributed by atoms with Crippen molar-refractivity contribution in [2.45, 2.75) is 6.92 Å². The Morgan fingerprint density at radius 2 is 2.06 bits per heavy atom. The lowest BCUT2D eigenvalue weighted by Gasteiger charge is -2.10. The molecule has 0 unspecified atom stereocenters. The molecule has 0 bridgehead atoms. The first-order chi connectivity index (χ1) is 8.79. The van der Waals surface area contributed by atoms with E-state index in [-0.39, 0.29) is 0 Å². The fraction of sp³-hybridized carbons (Fsp3) is 0.133. The fourth-order valence-electron chi connectivity index (χ4n) is 2.22. The number of hydrogen-bond acceptors (Lipinski definition) is 2. The van der Waals surface area contributed by atoms with Crippen molar-refractivity contribution in [3.8, 4) is 17.0 Å². The predicted molar refractivity (Wildman–Crippen MR) is 71.9 cm³/mol. The van der Waals surface area contributed by atoms with Crippen LogP contribution in [0, 0.1) is 6.92 Å². The zero-order valence-electron chi connectivity index (χ0n) is 10.4. The summed E-state index contributed by atoms with van der Waals surface area (Å²) in [6, 6.07) is 12.2. The van der Waals surface area contributed by atoms with Crippen LogP contribution in [0.4, 0.5) is 0 Å². The molecule has 3 aromatic rings. The normalized spacial score (nSPS) is 10.8. The van der Waals surface area contributed by atoms with Crippen molar-refractivity contribution in [2.24, 2.45) is 0 Å². The van der Waals surface area contributed by atoms with Gasteiger partial charge < -0.3 is 4.74 Å². The minimum atomic E-state index is 0.883. The van der Waals surface area contributed by atoms with Crippen LogP contribution < -0.4 is 4.74 Å². The van der Waals surface area contributed by atoms with E-state index in [0.717, 1.165) is 17.1 Å². The third-order valence-electron chi connectivity index (χ3n) is 3.14. The molecule has 0 N–H and O–H groups in total. The second-order valence-electron chi connectivity index (χ2n) is 4.25. The fourth-order valence-corrected chi connectivity index (χ4v) is 2.22. The quantitative estimate of drug-likeness (QED) is 0.684. The van der Waals surface area contributed by atoms with Gasteiger partial charge >= 0.3 is 0 Å². The van der Waals surface area contributed by atoms with Gasteiger partial charge in [0.15, 0.2) is 0 Å². The highest BCUT2D eigenvalue weighted by Gasteiger charge is 2.07. The second-order valence-corrected chi connectivity index (χ2v) is 4.25. The molecule has 90 valence electrons. The number of aryl methyl sites for hydroxylation is 1. The molecule has 0 saturated heterocycles. The minimum absolute atomic E-state index is 0.883. The summed E-state index contributed by atoms with van der Waals surface area (Å²) in [7, 11) is 1.69. The molecule has 3 nitrogen and oxygen atoms in total. The Bertz CT molecular complexity index is 701. The van der Waals surface area contributed by atoms with Gasteiger partial charge in [-0.3, -0.25) is 4.40 Å². The largest absolute Gasteiger partial charge is 0.497 e. The maximum Gasteiger partial charge on any atom is 0.137 e. The SMILES string of the molecule is COc1ccc(-c2cccc3nccn23)c(C)c1. The van der Waals surface area contributed by atoms with Gasteiger partial charge in [0, 0.05) is 18.0 Å². The maximum atomic E-state index is 5.24. The molecule has 0 spiro atoms. The molecule has 2 heterocycles. The van der Waals surface area contributed by atoms with Crippen molar-refractivity contribution in [1.29, 1.82) is 0 Å². The summed E-state index contributed by atoms with van der Waals surface area (Å²) in [5.74, 6) is 0.883. The van der Waals surface area contributed by atoms with E-state index >= 15 is 0 Å². The minimum Gasteiger partial charge on any atom is -0.497 e. The van der Waals surface area contributed by atoms with E-state index in [9.17, 15) is 0 Å². The molecule has 0 saturated carbocycles. The number of nitrogens with zero attached hydrogens (tertiary/aromatic N) is 2. The number of ether oxygens (including phenoxy) is 1. The Balaban J connectivity index is 2.23. The molecule has 0 atom stereocenters. The molecular formula is C15H14N2O. The number of pyridine rings is 1. The van der Waals surface area contributed by atoms with E-state index in [1.54, 1.807) is 7.11 Å². The van der Waals surface area contributed by atoms with Gasteiger partial charge in [-0.2, -0.15) is 0 Å². The standard InChI is InChI=1S/C15H14N2O/c1-11-10-12(18-2)6-7-13(11)14-4-3-5-15-16-8-9-17(14)15/h3-10H,1-2H3. The lowest BCUT2D eigenvalue weighted by Crippen LogP contribution is -1.93. The van der Waals surface area contributed by atoms with Crippen LogP contribution in [-0.2, 0) is 0 Å². The monoisotopic (exact) mass is 238 g/mol. The number of methoxy groups -OCH3 is 1. The molecule has 0 fully saturated rings. The molecule has 3 rings (SSSR count). The zero-order chi connectivity index (χ0) is 12.5. The van der Waals surface area contributed by atoms with Crippen molar-refractivity contribution in [3.05, 3.63) is 54.4 Å². The first-order valence-electron chi connectivity index (χ1n) is 5.86. The van der Waals surface area contributed by atoms with Crippen molar-refractivity contribution < 1.29 is 4.74 Å². The number of imidazole rings is 1. The van der Waals surface area contributed by atoms with Crippen molar-refractivity contribution >= 4 is 5.65 Å². The molecule has 3 heteroatoms. The number of benzene rings is 1. The van der Waals surface area contributed by atoms with Crippen LogP contribution in [0.3, 0.4) is 0 Å².